The number of hydrazone groups is 1. The van der Waals surface area contributed by atoms with Crippen LogP contribution in [-0.2, 0) is 4.79 Å². The summed E-state index contributed by atoms with van der Waals surface area (Å²) in [7, 11) is 1.51. The van der Waals surface area contributed by atoms with Crippen molar-refractivity contribution in [1.82, 2.24) is 4.98 Å². The predicted molar refractivity (Wildman–Crippen MR) is 82.7 cm³/mol. The molecular weight excluding hydrogens is 338 g/mol. The molecular formula is C14H12BrN3O3. The molecule has 1 aromatic carbocycles. The molecule has 0 unspecified atom stereocenters. The van der Waals surface area contributed by atoms with Gasteiger partial charge < -0.3 is 9.84 Å². The SMILES string of the molecule is COc1cccc(C(=NNc2ccc(Br)cn2)C(=O)O)c1. The minimum Gasteiger partial charge on any atom is -0.497 e. The molecule has 2 N–H and O–H groups in total. The summed E-state index contributed by atoms with van der Waals surface area (Å²) in [6, 6.07) is 10.1. The second-order valence-corrected chi connectivity index (χ2v) is 4.89. The molecule has 1 aromatic heterocycles. The van der Waals surface area contributed by atoms with Crippen LogP contribution in [0, 0.1) is 0 Å². The Morgan fingerprint density at radius 1 is 1.38 bits per heavy atom. The average molecular weight is 350 g/mol. The fourth-order valence-corrected chi connectivity index (χ4v) is 1.80. The smallest absolute Gasteiger partial charge is 0.356 e. The molecule has 2 aromatic rings. The summed E-state index contributed by atoms with van der Waals surface area (Å²) in [6.07, 6.45) is 1.59. The molecule has 7 heteroatoms. The van der Waals surface area contributed by atoms with Crippen molar-refractivity contribution < 1.29 is 14.6 Å². The van der Waals surface area contributed by atoms with E-state index in [0.717, 1.165) is 4.47 Å². The molecule has 0 bridgehead atoms. The summed E-state index contributed by atoms with van der Waals surface area (Å²) in [5, 5.41) is 13.2. The van der Waals surface area contributed by atoms with E-state index in [9.17, 15) is 9.90 Å². The summed E-state index contributed by atoms with van der Waals surface area (Å²) in [5.74, 6) is -0.143. The molecule has 0 saturated heterocycles. The van der Waals surface area contributed by atoms with Gasteiger partial charge in [0.1, 0.15) is 11.6 Å². The molecule has 2 rings (SSSR count). The lowest BCUT2D eigenvalue weighted by Gasteiger charge is -2.05. The Labute approximate surface area is 129 Å². The van der Waals surface area contributed by atoms with E-state index in [0.29, 0.717) is 17.1 Å². The number of methoxy groups -OCH3 is 1. The third kappa shape index (κ3) is 4.03. The van der Waals surface area contributed by atoms with Crippen molar-refractivity contribution in [3.63, 3.8) is 0 Å². The maximum atomic E-state index is 11.3. The van der Waals surface area contributed by atoms with E-state index in [1.165, 1.54) is 7.11 Å². The maximum Gasteiger partial charge on any atom is 0.356 e. The van der Waals surface area contributed by atoms with Crippen molar-refractivity contribution in [2.75, 3.05) is 12.5 Å². The van der Waals surface area contributed by atoms with Gasteiger partial charge in [0.25, 0.3) is 0 Å². The van der Waals surface area contributed by atoms with Gasteiger partial charge in [0.15, 0.2) is 5.71 Å². The van der Waals surface area contributed by atoms with Crippen molar-refractivity contribution in [1.29, 1.82) is 0 Å². The number of carbonyl (C=O) groups is 1. The number of nitrogens with one attached hydrogen (secondary N) is 1. The van der Waals surface area contributed by atoms with Gasteiger partial charge >= 0.3 is 5.97 Å². The first-order chi connectivity index (χ1) is 10.1. The number of hydrogen-bond acceptors (Lipinski definition) is 5. The van der Waals surface area contributed by atoms with Crippen molar-refractivity contribution in [2.24, 2.45) is 5.10 Å². The van der Waals surface area contributed by atoms with Crippen molar-refractivity contribution in [2.45, 2.75) is 0 Å². The zero-order valence-electron chi connectivity index (χ0n) is 11.1. The van der Waals surface area contributed by atoms with Gasteiger partial charge in [-0.15, -0.1) is 0 Å². The van der Waals surface area contributed by atoms with Crippen molar-refractivity contribution >= 4 is 33.4 Å². The van der Waals surface area contributed by atoms with E-state index < -0.39 is 5.97 Å². The fraction of sp³-hybridized carbons (Fsp3) is 0.0714. The maximum absolute atomic E-state index is 11.3. The number of ether oxygens (including phenoxy) is 1. The minimum atomic E-state index is -1.15. The lowest BCUT2D eigenvalue weighted by Crippen LogP contribution is -2.16. The van der Waals surface area contributed by atoms with E-state index in [1.54, 1.807) is 42.6 Å². The summed E-state index contributed by atoms with van der Waals surface area (Å²) in [6.45, 7) is 0. The number of carboxylic acid groups (broad SMARTS) is 1. The molecule has 0 amide bonds. The highest BCUT2D eigenvalue weighted by atomic mass is 79.9. The van der Waals surface area contributed by atoms with Crippen LogP contribution in [0.4, 0.5) is 5.82 Å². The standard InChI is InChI=1S/C14H12BrN3O3/c1-21-11-4-2-3-9(7-11)13(14(19)20)18-17-12-6-5-10(15)8-16-12/h2-8H,1H3,(H,16,17)(H,19,20). The Hall–Kier alpha value is -2.41. The van der Waals surface area contributed by atoms with Gasteiger partial charge in [0, 0.05) is 16.2 Å². The molecule has 108 valence electrons. The lowest BCUT2D eigenvalue weighted by atomic mass is 10.1. The Kier molecular flexibility index (Phi) is 4.89. The van der Waals surface area contributed by atoms with Gasteiger partial charge in [-0.2, -0.15) is 5.10 Å². The molecule has 0 radical (unpaired) electrons. The van der Waals surface area contributed by atoms with Crippen molar-refractivity contribution in [3.05, 3.63) is 52.6 Å². The van der Waals surface area contributed by atoms with E-state index in [2.05, 4.69) is 31.4 Å². The van der Waals surface area contributed by atoms with E-state index in [4.69, 9.17) is 4.74 Å². The van der Waals surface area contributed by atoms with Crippen LogP contribution >= 0.6 is 15.9 Å². The lowest BCUT2D eigenvalue weighted by molar-refractivity contribution is -0.129. The largest absolute Gasteiger partial charge is 0.497 e. The highest BCUT2D eigenvalue weighted by molar-refractivity contribution is 9.10. The van der Waals surface area contributed by atoms with Crippen LogP contribution < -0.4 is 10.2 Å². The average Bonchev–Trinajstić information content (AvgIpc) is 2.49. The van der Waals surface area contributed by atoms with Gasteiger partial charge in [-0.3, -0.25) is 5.43 Å². The van der Waals surface area contributed by atoms with Crippen LogP contribution in [0.15, 0.2) is 52.2 Å². The summed E-state index contributed by atoms with van der Waals surface area (Å²) < 4.78 is 5.90. The highest BCUT2D eigenvalue weighted by Crippen LogP contribution is 2.14. The Morgan fingerprint density at radius 2 is 2.19 bits per heavy atom. The highest BCUT2D eigenvalue weighted by Gasteiger charge is 2.13. The number of carboxylic acids is 1. The third-order valence-corrected chi connectivity index (χ3v) is 3.02. The van der Waals surface area contributed by atoms with E-state index >= 15 is 0 Å². The molecule has 0 aliphatic rings. The zero-order valence-corrected chi connectivity index (χ0v) is 12.7. The number of halogens is 1. The van der Waals surface area contributed by atoms with E-state index in [-0.39, 0.29) is 5.71 Å². The number of aliphatic carboxylic acids is 1. The second kappa shape index (κ2) is 6.85. The van der Waals surface area contributed by atoms with Gasteiger partial charge in [0.2, 0.25) is 0 Å². The topological polar surface area (TPSA) is 83.8 Å². The Balaban J connectivity index is 2.27. The summed E-state index contributed by atoms with van der Waals surface area (Å²) >= 11 is 3.27. The zero-order chi connectivity index (χ0) is 15.2. The molecule has 0 atom stereocenters. The normalized spacial score (nSPS) is 11.0. The number of benzene rings is 1. The van der Waals surface area contributed by atoms with E-state index in [1.807, 2.05) is 0 Å². The van der Waals surface area contributed by atoms with Crippen LogP contribution in [0.1, 0.15) is 5.56 Å². The molecule has 0 aliphatic heterocycles. The Bertz CT molecular complexity index is 671. The van der Waals surface area contributed by atoms with Crippen LogP contribution in [0.5, 0.6) is 5.75 Å². The predicted octanol–water partition coefficient (Wildman–Crippen LogP) is 2.75. The van der Waals surface area contributed by atoms with Gasteiger partial charge in [-0.1, -0.05) is 12.1 Å². The fourth-order valence-electron chi connectivity index (χ4n) is 1.56. The number of pyridine rings is 1. The second-order valence-electron chi connectivity index (χ2n) is 3.97. The molecule has 0 spiro atoms. The molecule has 21 heavy (non-hydrogen) atoms. The van der Waals surface area contributed by atoms with Crippen LogP contribution in [0.25, 0.3) is 0 Å². The number of anilines is 1. The number of hydrogen-bond donors (Lipinski definition) is 2. The number of nitrogens with zero attached hydrogens (tertiary/aromatic N) is 2. The first-order valence-corrected chi connectivity index (χ1v) is 6.72. The third-order valence-electron chi connectivity index (χ3n) is 2.56. The van der Waals surface area contributed by atoms with Crippen molar-refractivity contribution in [3.8, 4) is 5.75 Å². The number of rotatable bonds is 5. The summed E-state index contributed by atoms with van der Waals surface area (Å²) in [4.78, 5) is 15.4. The van der Waals surface area contributed by atoms with Gasteiger partial charge in [-0.05, 0) is 40.2 Å². The summed E-state index contributed by atoms with van der Waals surface area (Å²) in [5.41, 5.74) is 2.93. The first-order valence-electron chi connectivity index (χ1n) is 5.93. The first kappa shape index (κ1) is 15.0. The molecule has 6 nitrogen and oxygen atoms in total. The molecule has 0 saturated carbocycles. The monoisotopic (exact) mass is 349 g/mol. The number of aromatic nitrogens is 1. The van der Waals surface area contributed by atoms with Gasteiger partial charge in [0.05, 0.1) is 7.11 Å². The molecule has 1 heterocycles. The quantitative estimate of drug-likeness (QED) is 0.640. The van der Waals surface area contributed by atoms with Crippen LogP contribution in [0.2, 0.25) is 0 Å². The molecule has 0 fully saturated rings. The molecule has 0 aliphatic carbocycles. The minimum absolute atomic E-state index is 0.126. The van der Waals surface area contributed by atoms with Crippen LogP contribution in [0.3, 0.4) is 0 Å². The van der Waals surface area contributed by atoms with Gasteiger partial charge in [-0.25, -0.2) is 9.78 Å². The van der Waals surface area contributed by atoms with Crippen LogP contribution in [-0.4, -0.2) is 28.9 Å². The Morgan fingerprint density at radius 3 is 2.81 bits per heavy atom.